The smallest absolute Gasteiger partial charge is 0.220 e. The van der Waals surface area contributed by atoms with Crippen molar-refractivity contribution >= 4 is 5.91 Å². The van der Waals surface area contributed by atoms with Gasteiger partial charge in [-0.15, -0.1) is 0 Å². The number of nitrogens with one attached hydrogen (secondary N) is 2. The van der Waals surface area contributed by atoms with E-state index in [2.05, 4.69) is 16.7 Å². The van der Waals surface area contributed by atoms with Gasteiger partial charge in [-0.1, -0.05) is 11.6 Å². The summed E-state index contributed by atoms with van der Waals surface area (Å²) in [6.45, 7) is 3.69. The summed E-state index contributed by atoms with van der Waals surface area (Å²) in [5.74, 6) is 0.170. The van der Waals surface area contributed by atoms with Crippen molar-refractivity contribution in [2.75, 3.05) is 26.2 Å². The molecule has 1 saturated heterocycles. The standard InChI is InChI=1S/C15H26N2O2/c18-15(5-4-14-3-1-2-12-19-14)17-11-8-13-6-9-16-10-7-13/h6,14,16H,1-5,7-12H2,(H,17,18). The summed E-state index contributed by atoms with van der Waals surface area (Å²) < 4.78 is 5.63. The molecule has 0 aliphatic carbocycles. The van der Waals surface area contributed by atoms with E-state index in [0.717, 1.165) is 51.9 Å². The van der Waals surface area contributed by atoms with E-state index in [-0.39, 0.29) is 5.91 Å². The topological polar surface area (TPSA) is 50.4 Å². The number of hydrogen-bond donors (Lipinski definition) is 2. The molecule has 108 valence electrons. The van der Waals surface area contributed by atoms with Gasteiger partial charge in [0.15, 0.2) is 0 Å². The molecule has 0 aromatic rings. The second-order valence-corrected chi connectivity index (χ2v) is 5.44. The van der Waals surface area contributed by atoms with Gasteiger partial charge in [0.2, 0.25) is 5.91 Å². The molecular formula is C15H26N2O2. The zero-order valence-corrected chi connectivity index (χ0v) is 11.7. The van der Waals surface area contributed by atoms with Gasteiger partial charge >= 0.3 is 0 Å². The van der Waals surface area contributed by atoms with Crippen LogP contribution in [0.4, 0.5) is 0 Å². The van der Waals surface area contributed by atoms with E-state index in [4.69, 9.17) is 4.74 Å². The normalized spacial score (nSPS) is 23.8. The van der Waals surface area contributed by atoms with Crippen molar-refractivity contribution in [1.29, 1.82) is 0 Å². The van der Waals surface area contributed by atoms with Crippen LogP contribution in [0.2, 0.25) is 0 Å². The third kappa shape index (κ3) is 5.74. The van der Waals surface area contributed by atoms with Crippen LogP contribution in [0.1, 0.15) is 44.9 Å². The first-order chi connectivity index (χ1) is 9.34. The molecule has 0 bridgehead atoms. The number of carbonyl (C=O) groups is 1. The van der Waals surface area contributed by atoms with E-state index in [1.54, 1.807) is 0 Å². The van der Waals surface area contributed by atoms with E-state index in [0.29, 0.717) is 12.5 Å². The van der Waals surface area contributed by atoms with Crippen molar-refractivity contribution in [3.8, 4) is 0 Å². The van der Waals surface area contributed by atoms with Crippen molar-refractivity contribution in [2.24, 2.45) is 0 Å². The minimum atomic E-state index is 0.170. The molecule has 0 spiro atoms. The first-order valence-corrected chi connectivity index (χ1v) is 7.61. The van der Waals surface area contributed by atoms with Crippen LogP contribution in [0.15, 0.2) is 11.6 Å². The SMILES string of the molecule is O=C(CCC1CCCCO1)NCCC1=CCNCC1. The predicted octanol–water partition coefficient (Wildman–Crippen LogP) is 1.76. The molecule has 0 aromatic heterocycles. The Morgan fingerprint density at radius 2 is 2.42 bits per heavy atom. The molecule has 19 heavy (non-hydrogen) atoms. The monoisotopic (exact) mass is 266 g/mol. The molecule has 1 fully saturated rings. The van der Waals surface area contributed by atoms with Crippen LogP contribution in [-0.4, -0.2) is 38.3 Å². The first-order valence-electron chi connectivity index (χ1n) is 7.61. The maximum absolute atomic E-state index is 11.7. The summed E-state index contributed by atoms with van der Waals surface area (Å²) in [4.78, 5) is 11.7. The molecule has 2 rings (SSSR count). The predicted molar refractivity (Wildman–Crippen MR) is 76.0 cm³/mol. The molecule has 1 amide bonds. The fourth-order valence-electron chi connectivity index (χ4n) is 2.67. The fraction of sp³-hybridized carbons (Fsp3) is 0.800. The minimum Gasteiger partial charge on any atom is -0.378 e. The van der Waals surface area contributed by atoms with Gasteiger partial charge in [-0.05, 0) is 45.1 Å². The maximum Gasteiger partial charge on any atom is 0.220 e. The minimum absolute atomic E-state index is 0.170. The number of ether oxygens (including phenoxy) is 1. The molecule has 0 saturated carbocycles. The summed E-state index contributed by atoms with van der Waals surface area (Å²) in [5, 5.41) is 6.31. The molecule has 2 N–H and O–H groups in total. The Hall–Kier alpha value is -0.870. The lowest BCUT2D eigenvalue weighted by Gasteiger charge is -2.22. The molecule has 2 aliphatic heterocycles. The van der Waals surface area contributed by atoms with E-state index in [1.165, 1.54) is 18.4 Å². The molecule has 2 heterocycles. The molecular weight excluding hydrogens is 240 g/mol. The molecule has 0 radical (unpaired) electrons. The first kappa shape index (κ1) is 14.5. The van der Waals surface area contributed by atoms with Crippen LogP contribution in [0.25, 0.3) is 0 Å². The van der Waals surface area contributed by atoms with Gasteiger partial charge in [-0.3, -0.25) is 4.79 Å². The third-order valence-electron chi connectivity index (χ3n) is 3.89. The molecule has 4 nitrogen and oxygen atoms in total. The number of amides is 1. The summed E-state index contributed by atoms with van der Waals surface area (Å²) in [6, 6.07) is 0. The molecule has 2 aliphatic rings. The highest BCUT2D eigenvalue weighted by atomic mass is 16.5. The molecule has 0 aromatic carbocycles. The van der Waals surface area contributed by atoms with Crippen LogP contribution in [-0.2, 0) is 9.53 Å². The zero-order valence-electron chi connectivity index (χ0n) is 11.7. The Balaban J connectivity index is 1.52. The number of rotatable bonds is 6. The second-order valence-electron chi connectivity index (χ2n) is 5.44. The Bertz CT molecular complexity index is 309. The van der Waals surface area contributed by atoms with Gasteiger partial charge in [0, 0.05) is 26.1 Å². The van der Waals surface area contributed by atoms with Crippen molar-refractivity contribution in [1.82, 2.24) is 10.6 Å². The third-order valence-corrected chi connectivity index (χ3v) is 3.89. The van der Waals surface area contributed by atoms with Crippen molar-refractivity contribution in [3.05, 3.63) is 11.6 Å². The van der Waals surface area contributed by atoms with Crippen LogP contribution in [0, 0.1) is 0 Å². The van der Waals surface area contributed by atoms with Crippen LogP contribution in [0.3, 0.4) is 0 Å². The summed E-state index contributed by atoms with van der Waals surface area (Å²) >= 11 is 0. The zero-order chi connectivity index (χ0) is 13.3. The van der Waals surface area contributed by atoms with E-state index >= 15 is 0 Å². The Morgan fingerprint density at radius 1 is 1.47 bits per heavy atom. The highest BCUT2D eigenvalue weighted by molar-refractivity contribution is 5.75. The van der Waals surface area contributed by atoms with Gasteiger partial charge in [0.05, 0.1) is 6.10 Å². The van der Waals surface area contributed by atoms with Crippen molar-refractivity contribution in [3.63, 3.8) is 0 Å². The van der Waals surface area contributed by atoms with E-state index in [9.17, 15) is 4.79 Å². The van der Waals surface area contributed by atoms with Gasteiger partial charge < -0.3 is 15.4 Å². The van der Waals surface area contributed by atoms with Crippen LogP contribution < -0.4 is 10.6 Å². The summed E-state index contributed by atoms with van der Waals surface area (Å²) in [6.07, 6.45) is 9.68. The van der Waals surface area contributed by atoms with E-state index < -0.39 is 0 Å². The average molecular weight is 266 g/mol. The Kier molecular flexibility index (Phi) is 6.37. The van der Waals surface area contributed by atoms with Gasteiger partial charge in [-0.2, -0.15) is 0 Å². The largest absolute Gasteiger partial charge is 0.378 e. The lowest BCUT2D eigenvalue weighted by molar-refractivity contribution is -0.122. The summed E-state index contributed by atoms with van der Waals surface area (Å²) in [7, 11) is 0. The van der Waals surface area contributed by atoms with Crippen LogP contribution in [0.5, 0.6) is 0 Å². The number of hydrogen-bond acceptors (Lipinski definition) is 3. The Labute approximate surface area is 116 Å². The molecule has 4 heteroatoms. The fourth-order valence-corrected chi connectivity index (χ4v) is 2.67. The van der Waals surface area contributed by atoms with Crippen molar-refractivity contribution < 1.29 is 9.53 Å². The Morgan fingerprint density at radius 3 is 3.16 bits per heavy atom. The van der Waals surface area contributed by atoms with Crippen LogP contribution >= 0.6 is 0 Å². The highest BCUT2D eigenvalue weighted by Gasteiger charge is 2.15. The van der Waals surface area contributed by atoms with Gasteiger partial charge in [0.1, 0.15) is 0 Å². The van der Waals surface area contributed by atoms with E-state index in [1.807, 2.05) is 0 Å². The average Bonchev–Trinajstić information content (AvgIpc) is 2.47. The second kappa shape index (κ2) is 8.33. The van der Waals surface area contributed by atoms with Gasteiger partial charge in [0.25, 0.3) is 0 Å². The lowest BCUT2D eigenvalue weighted by atomic mass is 10.0. The number of carbonyl (C=O) groups excluding carboxylic acids is 1. The quantitative estimate of drug-likeness (QED) is 0.720. The summed E-state index contributed by atoms with van der Waals surface area (Å²) in [5.41, 5.74) is 1.47. The van der Waals surface area contributed by atoms with Crippen molar-refractivity contribution in [2.45, 2.75) is 51.0 Å². The maximum atomic E-state index is 11.7. The lowest BCUT2D eigenvalue weighted by Crippen LogP contribution is -2.28. The molecule has 1 unspecified atom stereocenters. The van der Waals surface area contributed by atoms with Gasteiger partial charge in [-0.25, -0.2) is 0 Å². The highest BCUT2D eigenvalue weighted by Crippen LogP contribution is 2.16. The molecule has 1 atom stereocenters.